The fourth-order valence-corrected chi connectivity index (χ4v) is 2.13. The summed E-state index contributed by atoms with van der Waals surface area (Å²) < 4.78 is 6.47. The van der Waals surface area contributed by atoms with Crippen molar-refractivity contribution in [2.45, 2.75) is 38.8 Å². The SMILES string of the molecule is CCC[C@H](O)[C@H](N)c1cc(Br)ccc1OCC.Cl. The molecule has 3 N–H and O–H groups in total. The second-order valence-electron chi connectivity index (χ2n) is 4.00. The van der Waals surface area contributed by atoms with Gasteiger partial charge in [0.15, 0.2) is 0 Å². The number of aliphatic hydroxyl groups is 1. The van der Waals surface area contributed by atoms with Gasteiger partial charge in [-0.15, -0.1) is 12.4 Å². The van der Waals surface area contributed by atoms with Gasteiger partial charge >= 0.3 is 0 Å². The number of aliphatic hydroxyl groups excluding tert-OH is 1. The molecular formula is C13H21BrClNO2. The minimum Gasteiger partial charge on any atom is -0.494 e. The lowest BCUT2D eigenvalue weighted by molar-refractivity contribution is 0.132. The average Bonchev–Trinajstić information content (AvgIpc) is 2.31. The van der Waals surface area contributed by atoms with Crippen molar-refractivity contribution in [3.8, 4) is 5.75 Å². The summed E-state index contributed by atoms with van der Waals surface area (Å²) in [5.74, 6) is 0.748. The molecule has 2 atom stereocenters. The van der Waals surface area contributed by atoms with E-state index in [4.69, 9.17) is 10.5 Å². The maximum atomic E-state index is 9.96. The van der Waals surface area contributed by atoms with Crippen molar-refractivity contribution < 1.29 is 9.84 Å². The number of benzene rings is 1. The first-order valence-electron chi connectivity index (χ1n) is 5.96. The van der Waals surface area contributed by atoms with Gasteiger partial charge in [-0.25, -0.2) is 0 Å². The summed E-state index contributed by atoms with van der Waals surface area (Å²) in [6.07, 6.45) is 1.07. The number of hydrogen-bond acceptors (Lipinski definition) is 3. The van der Waals surface area contributed by atoms with Gasteiger partial charge in [-0.2, -0.15) is 0 Å². The van der Waals surface area contributed by atoms with Crippen LogP contribution in [0.2, 0.25) is 0 Å². The molecule has 0 amide bonds. The van der Waals surface area contributed by atoms with Gasteiger partial charge in [-0.3, -0.25) is 0 Å². The van der Waals surface area contributed by atoms with Crippen LogP contribution in [0, 0.1) is 0 Å². The molecule has 0 heterocycles. The van der Waals surface area contributed by atoms with E-state index < -0.39 is 12.1 Å². The molecule has 0 saturated heterocycles. The van der Waals surface area contributed by atoms with Crippen LogP contribution in [0.4, 0.5) is 0 Å². The first kappa shape index (κ1) is 17.7. The highest BCUT2D eigenvalue weighted by molar-refractivity contribution is 9.10. The van der Waals surface area contributed by atoms with E-state index in [-0.39, 0.29) is 12.4 Å². The van der Waals surface area contributed by atoms with Gasteiger partial charge in [-0.05, 0) is 31.5 Å². The standard InChI is InChI=1S/C13H20BrNO2.ClH/c1-3-5-11(16)13(15)10-8-9(14)6-7-12(10)17-4-2;/h6-8,11,13,16H,3-5,15H2,1-2H3;1H/t11-,13+;/m0./s1. The fraction of sp³-hybridized carbons (Fsp3) is 0.538. The quantitative estimate of drug-likeness (QED) is 0.835. The van der Waals surface area contributed by atoms with Crippen LogP contribution >= 0.6 is 28.3 Å². The predicted molar refractivity (Wildman–Crippen MR) is 80.4 cm³/mol. The third-order valence-corrected chi connectivity index (χ3v) is 3.12. The molecule has 1 aromatic carbocycles. The van der Waals surface area contributed by atoms with Crippen LogP contribution in [0.5, 0.6) is 5.75 Å². The van der Waals surface area contributed by atoms with Gasteiger partial charge in [0.2, 0.25) is 0 Å². The number of nitrogens with two attached hydrogens (primary N) is 1. The molecule has 104 valence electrons. The topological polar surface area (TPSA) is 55.5 Å². The molecule has 0 aliphatic rings. The molecule has 0 unspecified atom stereocenters. The monoisotopic (exact) mass is 337 g/mol. The molecule has 0 fully saturated rings. The van der Waals surface area contributed by atoms with E-state index in [0.29, 0.717) is 13.0 Å². The average molecular weight is 339 g/mol. The third kappa shape index (κ3) is 4.76. The number of rotatable bonds is 6. The Kier molecular flexibility index (Phi) is 8.61. The number of ether oxygens (including phenoxy) is 1. The van der Waals surface area contributed by atoms with Crippen LogP contribution in [0.15, 0.2) is 22.7 Å². The molecule has 0 spiro atoms. The minimum absolute atomic E-state index is 0. The van der Waals surface area contributed by atoms with Crippen LogP contribution in [-0.4, -0.2) is 17.8 Å². The number of halogens is 2. The lowest BCUT2D eigenvalue weighted by atomic mass is 9.98. The molecule has 0 aliphatic carbocycles. The normalized spacial score (nSPS) is 13.6. The van der Waals surface area contributed by atoms with Crippen LogP contribution < -0.4 is 10.5 Å². The molecule has 1 aromatic rings. The third-order valence-electron chi connectivity index (χ3n) is 2.63. The zero-order valence-electron chi connectivity index (χ0n) is 10.7. The summed E-state index contributed by atoms with van der Waals surface area (Å²) in [6.45, 7) is 4.55. The Morgan fingerprint density at radius 1 is 1.39 bits per heavy atom. The second kappa shape index (κ2) is 8.75. The van der Waals surface area contributed by atoms with Crippen molar-refractivity contribution in [2.75, 3.05) is 6.61 Å². The Hall–Kier alpha value is -0.290. The van der Waals surface area contributed by atoms with E-state index >= 15 is 0 Å². The maximum Gasteiger partial charge on any atom is 0.124 e. The highest BCUT2D eigenvalue weighted by atomic mass is 79.9. The molecule has 0 radical (unpaired) electrons. The molecule has 0 aromatic heterocycles. The van der Waals surface area contributed by atoms with E-state index in [1.807, 2.05) is 32.0 Å². The summed E-state index contributed by atoms with van der Waals surface area (Å²) in [6, 6.07) is 5.29. The van der Waals surface area contributed by atoms with E-state index in [0.717, 1.165) is 22.2 Å². The molecule has 5 heteroatoms. The molecule has 18 heavy (non-hydrogen) atoms. The molecular weight excluding hydrogens is 318 g/mol. The van der Waals surface area contributed by atoms with Gasteiger partial charge < -0.3 is 15.6 Å². The van der Waals surface area contributed by atoms with Crippen LogP contribution in [-0.2, 0) is 0 Å². The maximum absolute atomic E-state index is 9.96. The molecule has 0 aliphatic heterocycles. The zero-order valence-corrected chi connectivity index (χ0v) is 13.1. The van der Waals surface area contributed by atoms with Crippen molar-refractivity contribution in [2.24, 2.45) is 5.73 Å². The Bertz CT molecular complexity index is 363. The van der Waals surface area contributed by atoms with Crippen LogP contribution in [0.3, 0.4) is 0 Å². The van der Waals surface area contributed by atoms with E-state index in [9.17, 15) is 5.11 Å². The number of hydrogen-bond donors (Lipinski definition) is 2. The Balaban J connectivity index is 0.00000289. The Labute approximate surface area is 123 Å². The molecule has 0 saturated carbocycles. The highest BCUT2D eigenvalue weighted by Gasteiger charge is 2.20. The van der Waals surface area contributed by atoms with Crippen molar-refractivity contribution in [1.29, 1.82) is 0 Å². The van der Waals surface area contributed by atoms with E-state index in [2.05, 4.69) is 15.9 Å². The van der Waals surface area contributed by atoms with Gasteiger partial charge in [-0.1, -0.05) is 29.3 Å². The van der Waals surface area contributed by atoms with Crippen molar-refractivity contribution in [1.82, 2.24) is 0 Å². The Morgan fingerprint density at radius 3 is 2.61 bits per heavy atom. The lowest BCUT2D eigenvalue weighted by Gasteiger charge is -2.21. The fourth-order valence-electron chi connectivity index (χ4n) is 1.75. The van der Waals surface area contributed by atoms with Gasteiger partial charge in [0.25, 0.3) is 0 Å². The summed E-state index contributed by atoms with van der Waals surface area (Å²) in [5.41, 5.74) is 6.92. The smallest absolute Gasteiger partial charge is 0.124 e. The van der Waals surface area contributed by atoms with E-state index in [1.165, 1.54) is 0 Å². The molecule has 1 rings (SSSR count). The van der Waals surface area contributed by atoms with Crippen molar-refractivity contribution >= 4 is 28.3 Å². The first-order chi connectivity index (χ1) is 8.10. The van der Waals surface area contributed by atoms with Crippen LogP contribution in [0.25, 0.3) is 0 Å². The summed E-state index contributed by atoms with van der Waals surface area (Å²) in [7, 11) is 0. The Morgan fingerprint density at radius 2 is 2.06 bits per heavy atom. The second-order valence-corrected chi connectivity index (χ2v) is 4.91. The molecule has 0 bridgehead atoms. The molecule has 3 nitrogen and oxygen atoms in total. The largest absolute Gasteiger partial charge is 0.494 e. The summed E-state index contributed by atoms with van der Waals surface area (Å²) >= 11 is 3.41. The van der Waals surface area contributed by atoms with Gasteiger partial charge in [0, 0.05) is 10.0 Å². The lowest BCUT2D eigenvalue weighted by Crippen LogP contribution is -2.26. The minimum atomic E-state index is -0.534. The van der Waals surface area contributed by atoms with Crippen molar-refractivity contribution in [3.63, 3.8) is 0 Å². The van der Waals surface area contributed by atoms with Crippen LogP contribution in [0.1, 0.15) is 38.3 Å². The van der Waals surface area contributed by atoms with Gasteiger partial charge in [0.1, 0.15) is 5.75 Å². The first-order valence-corrected chi connectivity index (χ1v) is 6.75. The van der Waals surface area contributed by atoms with E-state index in [1.54, 1.807) is 0 Å². The van der Waals surface area contributed by atoms with Gasteiger partial charge in [0.05, 0.1) is 18.8 Å². The predicted octanol–water partition coefficient (Wildman–Crippen LogP) is 3.43. The summed E-state index contributed by atoms with van der Waals surface area (Å²) in [5, 5.41) is 9.96. The summed E-state index contributed by atoms with van der Waals surface area (Å²) in [4.78, 5) is 0. The van der Waals surface area contributed by atoms with Crippen molar-refractivity contribution in [3.05, 3.63) is 28.2 Å². The zero-order chi connectivity index (χ0) is 12.8. The highest BCUT2D eigenvalue weighted by Crippen LogP contribution is 2.30.